The quantitative estimate of drug-likeness (QED) is 0.881. The summed E-state index contributed by atoms with van der Waals surface area (Å²) in [6.45, 7) is 3.26. The van der Waals surface area contributed by atoms with Gasteiger partial charge in [0.1, 0.15) is 12.4 Å². The number of benzene rings is 1. The molecule has 5 heteroatoms. The molecule has 2 N–H and O–H groups in total. The van der Waals surface area contributed by atoms with Gasteiger partial charge in [-0.1, -0.05) is 19.1 Å². The lowest BCUT2D eigenvalue weighted by Crippen LogP contribution is -2.04. The lowest BCUT2D eigenvalue weighted by molar-refractivity contribution is 0.294. The first-order chi connectivity index (χ1) is 9.65. The number of nitrogens with two attached hydrogens (primary N) is 1. The van der Waals surface area contributed by atoms with Crippen LogP contribution < -0.4 is 10.5 Å². The van der Waals surface area contributed by atoms with Crippen LogP contribution in [0.15, 0.2) is 28.7 Å². The van der Waals surface area contributed by atoms with Crippen molar-refractivity contribution in [1.82, 2.24) is 9.78 Å². The van der Waals surface area contributed by atoms with Gasteiger partial charge >= 0.3 is 0 Å². The summed E-state index contributed by atoms with van der Waals surface area (Å²) in [4.78, 5) is 0. The van der Waals surface area contributed by atoms with Crippen LogP contribution in [0.4, 0.5) is 0 Å². The molecule has 0 unspecified atom stereocenters. The van der Waals surface area contributed by atoms with E-state index in [0.29, 0.717) is 13.2 Å². The summed E-state index contributed by atoms with van der Waals surface area (Å²) in [5.41, 5.74) is 8.88. The number of rotatable bonds is 6. The molecule has 0 fully saturated rings. The second-order valence-corrected chi connectivity index (χ2v) is 5.45. The summed E-state index contributed by atoms with van der Waals surface area (Å²) in [5.74, 6) is 0.858. The molecule has 0 aliphatic carbocycles. The molecule has 0 saturated heterocycles. The lowest BCUT2D eigenvalue weighted by Gasteiger charge is -2.08. The Balaban J connectivity index is 2.03. The molecule has 1 heterocycles. The first-order valence-electron chi connectivity index (χ1n) is 6.77. The van der Waals surface area contributed by atoms with Gasteiger partial charge in [0.2, 0.25) is 0 Å². The second-order valence-electron chi connectivity index (χ2n) is 4.66. The van der Waals surface area contributed by atoms with Crippen molar-refractivity contribution in [1.29, 1.82) is 0 Å². The number of halogens is 1. The van der Waals surface area contributed by atoms with Crippen LogP contribution in [0.1, 0.15) is 23.9 Å². The maximum Gasteiger partial charge on any atom is 0.131 e. The molecule has 4 nitrogen and oxygen atoms in total. The highest BCUT2D eigenvalue weighted by molar-refractivity contribution is 9.10. The number of aryl methyl sites for hydroxylation is 2. The predicted molar refractivity (Wildman–Crippen MR) is 83.8 cm³/mol. The Morgan fingerprint density at radius 1 is 1.30 bits per heavy atom. The van der Waals surface area contributed by atoms with Crippen molar-refractivity contribution in [3.05, 3.63) is 45.7 Å². The molecule has 2 aromatic rings. The molecule has 0 spiro atoms. The molecular weight excluding hydrogens is 318 g/mol. The minimum Gasteiger partial charge on any atom is -0.487 e. The summed E-state index contributed by atoms with van der Waals surface area (Å²) in [6.07, 6.45) is 1.80. The third-order valence-electron chi connectivity index (χ3n) is 3.23. The van der Waals surface area contributed by atoms with Crippen LogP contribution in [0.25, 0.3) is 0 Å². The average Bonchev–Trinajstić information content (AvgIpc) is 2.73. The van der Waals surface area contributed by atoms with Gasteiger partial charge in [0.15, 0.2) is 0 Å². The molecule has 0 aliphatic heterocycles. The molecule has 0 aliphatic rings. The van der Waals surface area contributed by atoms with Crippen molar-refractivity contribution in [3.63, 3.8) is 0 Å². The van der Waals surface area contributed by atoms with E-state index in [1.54, 1.807) is 0 Å². The van der Waals surface area contributed by atoms with E-state index in [4.69, 9.17) is 10.5 Å². The first kappa shape index (κ1) is 15.1. The third kappa shape index (κ3) is 3.41. The largest absolute Gasteiger partial charge is 0.487 e. The lowest BCUT2D eigenvalue weighted by atomic mass is 10.1. The summed E-state index contributed by atoms with van der Waals surface area (Å²) < 4.78 is 8.73. The summed E-state index contributed by atoms with van der Waals surface area (Å²) in [5, 5.41) is 4.46. The number of aromatic nitrogens is 2. The SMILES string of the molecule is CCc1nn(C)c(COc2ccc(CCN)cc2)c1Br. The summed E-state index contributed by atoms with van der Waals surface area (Å²) >= 11 is 3.59. The van der Waals surface area contributed by atoms with E-state index < -0.39 is 0 Å². The molecule has 2 rings (SSSR count). The van der Waals surface area contributed by atoms with E-state index >= 15 is 0 Å². The molecule has 108 valence electrons. The zero-order chi connectivity index (χ0) is 14.5. The van der Waals surface area contributed by atoms with Crippen molar-refractivity contribution < 1.29 is 4.74 Å². The standard InChI is InChI=1S/C15H20BrN3O/c1-3-13-15(16)14(19(2)18-13)10-20-12-6-4-11(5-7-12)8-9-17/h4-7H,3,8-10,17H2,1-2H3. The fourth-order valence-corrected chi connectivity index (χ4v) is 2.78. The Labute approximate surface area is 128 Å². The highest BCUT2D eigenvalue weighted by Gasteiger charge is 2.12. The Bertz CT molecular complexity index is 563. The molecule has 0 atom stereocenters. The van der Waals surface area contributed by atoms with Crippen LogP contribution in [-0.2, 0) is 26.5 Å². The molecule has 20 heavy (non-hydrogen) atoms. The van der Waals surface area contributed by atoms with E-state index in [9.17, 15) is 0 Å². The van der Waals surface area contributed by atoms with Crippen molar-refractivity contribution in [2.45, 2.75) is 26.4 Å². The molecule has 0 radical (unpaired) electrons. The van der Waals surface area contributed by atoms with Crippen LogP contribution >= 0.6 is 15.9 Å². The van der Waals surface area contributed by atoms with Gasteiger partial charge in [0.05, 0.1) is 15.9 Å². The average molecular weight is 338 g/mol. The highest BCUT2D eigenvalue weighted by Crippen LogP contribution is 2.23. The summed E-state index contributed by atoms with van der Waals surface area (Å²) in [6, 6.07) is 8.07. The van der Waals surface area contributed by atoms with Gasteiger partial charge in [0.25, 0.3) is 0 Å². The van der Waals surface area contributed by atoms with Crippen LogP contribution in [0.3, 0.4) is 0 Å². The van der Waals surface area contributed by atoms with Crippen molar-refractivity contribution in [2.24, 2.45) is 12.8 Å². The van der Waals surface area contributed by atoms with Crippen molar-refractivity contribution in [2.75, 3.05) is 6.54 Å². The minimum atomic E-state index is 0.500. The maximum atomic E-state index is 5.82. The van der Waals surface area contributed by atoms with Gasteiger partial charge in [-0.05, 0) is 53.0 Å². The van der Waals surface area contributed by atoms with Gasteiger partial charge in [-0.25, -0.2) is 0 Å². The second kappa shape index (κ2) is 6.90. The highest BCUT2D eigenvalue weighted by atomic mass is 79.9. The number of hydrogen-bond donors (Lipinski definition) is 1. The van der Waals surface area contributed by atoms with E-state index in [2.05, 4.69) is 40.1 Å². The van der Waals surface area contributed by atoms with Crippen LogP contribution in [-0.4, -0.2) is 16.3 Å². The third-order valence-corrected chi connectivity index (χ3v) is 4.15. The monoisotopic (exact) mass is 337 g/mol. The van der Waals surface area contributed by atoms with Crippen LogP contribution in [0.2, 0.25) is 0 Å². The Hall–Kier alpha value is -1.33. The predicted octanol–water partition coefficient (Wildman–Crippen LogP) is 2.83. The van der Waals surface area contributed by atoms with Gasteiger partial charge in [0, 0.05) is 7.05 Å². The normalized spacial score (nSPS) is 10.8. The molecule has 1 aromatic heterocycles. The van der Waals surface area contributed by atoms with Crippen LogP contribution in [0.5, 0.6) is 5.75 Å². The molecule has 1 aromatic carbocycles. The first-order valence-corrected chi connectivity index (χ1v) is 7.57. The maximum absolute atomic E-state index is 5.82. The molecule has 0 bridgehead atoms. The number of hydrogen-bond acceptors (Lipinski definition) is 3. The van der Waals surface area contributed by atoms with Gasteiger partial charge < -0.3 is 10.5 Å². The Kier molecular flexibility index (Phi) is 5.20. The zero-order valence-corrected chi connectivity index (χ0v) is 13.5. The molecule has 0 saturated carbocycles. The van der Waals surface area contributed by atoms with Crippen molar-refractivity contribution in [3.8, 4) is 5.75 Å². The molecular formula is C15H20BrN3O. The zero-order valence-electron chi connectivity index (χ0n) is 11.9. The minimum absolute atomic E-state index is 0.500. The van der Waals surface area contributed by atoms with E-state index in [1.807, 2.05) is 23.9 Å². The fraction of sp³-hybridized carbons (Fsp3) is 0.400. The number of ether oxygens (including phenoxy) is 1. The Morgan fingerprint density at radius 3 is 2.55 bits per heavy atom. The van der Waals surface area contributed by atoms with Gasteiger partial charge in [-0.3, -0.25) is 4.68 Å². The number of nitrogens with zero attached hydrogens (tertiary/aromatic N) is 2. The van der Waals surface area contributed by atoms with E-state index in [1.165, 1.54) is 5.56 Å². The van der Waals surface area contributed by atoms with Crippen LogP contribution in [0, 0.1) is 0 Å². The van der Waals surface area contributed by atoms with E-state index in [-0.39, 0.29) is 0 Å². The fourth-order valence-electron chi connectivity index (χ4n) is 2.05. The van der Waals surface area contributed by atoms with Gasteiger partial charge in [-0.2, -0.15) is 5.10 Å². The topological polar surface area (TPSA) is 53.1 Å². The smallest absolute Gasteiger partial charge is 0.131 e. The Morgan fingerprint density at radius 2 is 2.00 bits per heavy atom. The molecule has 0 amide bonds. The summed E-state index contributed by atoms with van der Waals surface area (Å²) in [7, 11) is 1.94. The van der Waals surface area contributed by atoms with Gasteiger partial charge in [-0.15, -0.1) is 0 Å². The van der Waals surface area contributed by atoms with Crippen molar-refractivity contribution >= 4 is 15.9 Å². The van der Waals surface area contributed by atoms with E-state index in [0.717, 1.165) is 34.5 Å².